The molecule has 3 rings (SSSR count). The Morgan fingerprint density at radius 3 is 2.82 bits per heavy atom. The lowest BCUT2D eigenvalue weighted by Gasteiger charge is -2.09. The minimum Gasteiger partial charge on any atom is -0.358 e. The predicted octanol–water partition coefficient (Wildman–Crippen LogP) is 3.76. The standard InChI is InChI=1S/C13H10F3N/c14-13(15,16)10-6-3-5-9-8-4-1-2-7-11(8)17-12(9)10/h3,5-6,17H,2,4,7H2. The summed E-state index contributed by atoms with van der Waals surface area (Å²) in [4.78, 5) is 2.93. The van der Waals surface area contributed by atoms with Gasteiger partial charge in [0.05, 0.1) is 11.1 Å². The molecule has 88 valence electrons. The second-order valence-electron chi connectivity index (χ2n) is 4.23. The van der Waals surface area contributed by atoms with Crippen molar-refractivity contribution in [2.24, 2.45) is 0 Å². The number of H-pyrrole nitrogens is 1. The van der Waals surface area contributed by atoms with E-state index in [0.29, 0.717) is 11.8 Å². The Morgan fingerprint density at radius 2 is 2.06 bits per heavy atom. The highest BCUT2D eigenvalue weighted by atomic mass is 19.4. The fourth-order valence-electron chi connectivity index (χ4n) is 2.41. The van der Waals surface area contributed by atoms with Gasteiger partial charge in [-0.05, 0) is 37.3 Å². The predicted molar refractivity (Wildman–Crippen MR) is 58.6 cm³/mol. The maximum absolute atomic E-state index is 12.8. The first-order valence-electron chi connectivity index (χ1n) is 5.48. The number of alkyl halides is 3. The van der Waals surface area contributed by atoms with Crippen LogP contribution in [0.2, 0.25) is 0 Å². The quantitative estimate of drug-likeness (QED) is 0.718. The molecule has 0 saturated carbocycles. The fraction of sp³-hybridized carbons (Fsp3) is 0.308. The zero-order valence-electron chi connectivity index (χ0n) is 8.99. The topological polar surface area (TPSA) is 15.8 Å². The molecule has 1 aromatic carbocycles. The van der Waals surface area contributed by atoms with E-state index in [2.05, 4.69) is 11.4 Å². The maximum Gasteiger partial charge on any atom is 0.418 e. The van der Waals surface area contributed by atoms with Crippen molar-refractivity contribution in [2.45, 2.75) is 25.4 Å². The molecule has 0 unspecified atom stereocenters. The average molecular weight is 237 g/mol. The van der Waals surface area contributed by atoms with Crippen LogP contribution >= 0.6 is 0 Å². The van der Waals surface area contributed by atoms with E-state index in [9.17, 15) is 13.2 Å². The Kier molecular flexibility index (Phi) is 2.21. The summed E-state index contributed by atoms with van der Waals surface area (Å²) < 4.78 is 38.5. The van der Waals surface area contributed by atoms with E-state index in [4.69, 9.17) is 0 Å². The first kappa shape index (κ1) is 10.7. The van der Waals surface area contributed by atoms with Gasteiger partial charge >= 0.3 is 6.18 Å². The second kappa shape index (κ2) is 3.52. The molecule has 1 aliphatic carbocycles. The molecule has 0 atom stereocenters. The van der Waals surface area contributed by atoms with Crippen LogP contribution in [-0.4, -0.2) is 4.98 Å². The lowest BCUT2D eigenvalue weighted by Crippen LogP contribution is -2.05. The lowest BCUT2D eigenvalue weighted by molar-refractivity contribution is -0.136. The molecule has 0 saturated heterocycles. The summed E-state index contributed by atoms with van der Waals surface area (Å²) in [6.45, 7) is 0. The van der Waals surface area contributed by atoms with Crippen LogP contribution in [0.1, 0.15) is 23.2 Å². The van der Waals surface area contributed by atoms with E-state index in [1.165, 1.54) is 6.07 Å². The Labute approximate surface area is 96.6 Å². The number of halogens is 3. The fourth-order valence-corrected chi connectivity index (χ4v) is 2.41. The van der Waals surface area contributed by atoms with E-state index in [1.807, 2.05) is 0 Å². The smallest absolute Gasteiger partial charge is 0.358 e. The van der Waals surface area contributed by atoms with E-state index in [-0.39, 0.29) is 5.52 Å². The molecule has 0 amide bonds. The zero-order valence-corrected chi connectivity index (χ0v) is 8.99. The van der Waals surface area contributed by atoms with Gasteiger partial charge in [0.25, 0.3) is 0 Å². The number of benzene rings is 1. The average Bonchev–Trinajstić information content (AvgIpc) is 2.65. The Morgan fingerprint density at radius 1 is 1.24 bits per heavy atom. The summed E-state index contributed by atoms with van der Waals surface area (Å²) in [7, 11) is 0. The molecule has 1 aromatic heterocycles. The summed E-state index contributed by atoms with van der Waals surface area (Å²) in [5, 5.41) is 0.682. The van der Waals surface area contributed by atoms with Gasteiger partial charge in [-0.1, -0.05) is 12.1 Å². The highest BCUT2D eigenvalue weighted by Crippen LogP contribution is 2.37. The van der Waals surface area contributed by atoms with Crippen molar-refractivity contribution in [3.8, 4) is 0 Å². The highest BCUT2D eigenvalue weighted by molar-refractivity contribution is 5.88. The van der Waals surface area contributed by atoms with E-state index in [0.717, 1.165) is 30.2 Å². The van der Waals surface area contributed by atoms with Crippen LogP contribution < -0.4 is 0 Å². The van der Waals surface area contributed by atoms with E-state index < -0.39 is 11.7 Å². The molecule has 0 aliphatic heterocycles. The summed E-state index contributed by atoms with van der Waals surface area (Å²) in [6, 6.07) is 4.33. The number of hydrogen-bond acceptors (Lipinski definition) is 0. The van der Waals surface area contributed by atoms with Gasteiger partial charge in [0.1, 0.15) is 0 Å². The van der Waals surface area contributed by atoms with Gasteiger partial charge in [0, 0.05) is 11.1 Å². The number of para-hydroxylation sites is 1. The molecule has 1 N–H and O–H groups in total. The molecule has 1 heterocycles. The first-order valence-corrected chi connectivity index (χ1v) is 5.48. The lowest BCUT2D eigenvalue weighted by atomic mass is 9.95. The Hall–Kier alpha value is -1.45. The minimum absolute atomic E-state index is 0.216. The van der Waals surface area contributed by atoms with Gasteiger partial charge in [-0.15, -0.1) is 0 Å². The van der Waals surface area contributed by atoms with Crippen LogP contribution in [0.4, 0.5) is 13.2 Å². The van der Waals surface area contributed by atoms with Gasteiger partial charge in [-0.25, -0.2) is 0 Å². The van der Waals surface area contributed by atoms with Crippen LogP contribution in [0.15, 0.2) is 18.2 Å². The number of nitrogens with one attached hydrogen (secondary N) is 1. The number of aryl methyl sites for hydroxylation is 1. The van der Waals surface area contributed by atoms with Crippen LogP contribution in [0, 0.1) is 6.42 Å². The Balaban J connectivity index is 2.30. The molecule has 1 aliphatic rings. The molecular formula is C13H10F3N. The molecule has 1 nitrogen and oxygen atoms in total. The third-order valence-electron chi connectivity index (χ3n) is 3.19. The number of aromatic nitrogens is 1. The van der Waals surface area contributed by atoms with Crippen molar-refractivity contribution in [1.29, 1.82) is 0 Å². The van der Waals surface area contributed by atoms with Crippen molar-refractivity contribution >= 4 is 10.9 Å². The van der Waals surface area contributed by atoms with E-state index >= 15 is 0 Å². The van der Waals surface area contributed by atoms with Gasteiger partial charge in [0.2, 0.25) is 0 Å². The van der Waals surface area contributed by atoms with Gasteiger partial charge in [-0.2, -0.15) is 13.2 Å². The van der Waals surface area contributed by atoms with Gasteiger partial charge in [-0.3, -0.25) is 0 Å². The summed E-state index contributed by atoms with van der Waals surface area (Å²) >= 11 is 0. The zero-order chi connectivity index (χ0) is 12.0. The molecule has 2 radical (unpaired) electrons. The number of aromatic amines is 1. The molecule has 4 heteroatoms. The minimum atomic E-state index is -4.31. The number of hydrogen-bond donors (Lipinski definition) is 1. The SMILES string of the molecule is FC(F)(F)c1cccc2c3c([nH]c12)CC[C]C3. The van der Waals surface area contributed by atoms with Crippen LogP contribution in [-0.2, 0) is 19.0 Å². The first-order chi connectivity index (χ1) is 8.07. The van der Waals surface area contributed by atoms with Gasteiger partial charge in [0.15, 0.2) is 0 Å². The van der Waals surface area contributed by atoms with Crippen molar-refractivity contribution in [2.75, 3.05) is 0 Å². The van der Waals surface area contributed by atoms with Crippen molar-refractivity contribution in [3.63, 3.8) is 0 Å². The van der Waals surface area contributed by atoms with Crippen molar-refractivity contribution < 1.29 is 13.2 Å². The molecular weight excluding hydrogens is 227 g/mol. The van der Waals surface area contributed by atoms with Crippen LogP contribution in [0.25, 0.3) is 10.9 Å². The van der Waals surface area contributed by atoms with Crippen LogP contribution in [0.3, 0.4) is 0 Å². The summed E-state index contributed by atoms with van der Waals surface area (Å²) in [5.41, 5.74) is 1.53. The molecule has 0 bridgehead atoms. The summed E-state index contributed by atoms with van der Waals surface area (Å²) in [5.74, 6) is 0. The highest BCUT2D eigenvalue weighted by Gasteiger charge is 2.34. The largest absolute Gasteiger partial charge is 0.418 e. The summed E-state index contributed by atoms with van der Waals surface area (Å²) in [6.07, 6.45) is 1.06. The normalized spacial score (nSPS) is 16.2. The van der Waals surface area contributed by atoms with Gasteiger partial charge < -0.3 is 4.98 Å². The second-order valence-corrected chi connectivity index (χ2v) is 4.23. The molecule has 17 heavy (non-hydrogen) atoms. The van der Waals surface area contributed by atoms with Crippen molar-refractivity contribution in [3.05, 3.63) is 41.4 Å². The Bertz CT molecular complexity index is 566. The molecule has 0 fully saturated rings. The maximum atomic E-state index is 12.8. The molecule has 0 spiro atoms. The molecule has 2 aromatic rings. The van der Waals surface area contributed by atoms with Crippen LogP contribution in [0.5, 0.6) is 0 Å². The van der Waals surface area contributed by atoms with Crippen molar-refractivity contribution in [1.82, 2.24) is 4.98 Å². The number of fused-ring (bicyclic) bond motifs is 3. The third-order valence-corrected chi connectivity index (χ3v) is 3.19. The monoisotopic (exact) mass is 237 g/mol. The third kappa shape index (κ3) is 1.63. The van der Waals surface area contributed by atoms with E-state index in [1.54, 1.807) is 6.07 Å². The number of rotatable bonds is 0.